The number of H-pyrrole nitrogens is 1. The zero-order valence-corrected chi connectivity index (χ0v) is 15.3. The highest BCUT2D eigenvalue weighted by Crippen LogP contribution is 2.41. The molecule has 0 fully saturated rings. The van der Waals surface area contributed by atoms with Gasteiger partial charge in [-0.2, -0.15) is 5.10 Å². The molecule has 1 heterocycles. The molecule has 0 spiro atoms. The van der Waals surface area contributed by atoms with Crippen molar-refractivity contribution in [2.45, 2.75) is 0 Å². The number of aromatic amines is 1. The first-order chi connectivity index (χ1) is 13.2. The lowest BCUT2D eigenvalue weighted by atomic mass is 10.1. The van der Waals surface area contributed by atoms with E-state index in [2.05, 4.69) is 10.2 Å². The maximum Gasteiger partial charge on any atom is 0.275 e. The molecule has 1 N–H and O–H groups in total. The Hall–Kier alpha value is -3.23. The summed E-state index contributed by atoms with van der Waals surface area (Å²) in [6, 6.07) is 29.4. The van der Waals surface area contributed by atoms with Gasteiger partial charge in [-0.25, -0.2) is 5.10 Å². The van der Waals surface area contributed by atoms with Gasteiger partial charge in [-0.3, -0.25) is 4.79 Å². The molecule has 0 aliphatic carbocycles. The summed E-state index contributed by atoms with van der Waals surface area (Å²) in [5.74, 6) is 0. The van der Waals surface area contributed by atoms with Crippen LogP contribution in [0.3, 0.4) is 0 Å². The quantitative estimate of drug-likeness (QED) is 0.560. The molecular weight excluding hydrogens is 355 g/mol. The van der Waals surface area contributed by atoms with E-state index in [-0.39, 0.29) is 5.30 Å². The van der Waals surface area contributed by atoms with Gasteiger partial charge in [0.1, 0.15) is 0 Å². The van der Waals surface area contributed by atoms with Crippen LogP contribution in [0.15, 0.2) is 102 Å². The first-order valence-electron chi connectivity index (χ1n) is 8.56. The maximum absolute atomic E-state index is 14.4. The summed E-state index contributed by atoms with van der Waals surface area (Å²) in [6.45, 7) is 0. The zero-order valence-electron chi connectivity index (χ0n) is 14.4. The fraction of sp³-hybridized carbons (Fsp3) is 0. The van der Waals surface area contributed by atoms with Crippen LogP contribution >= 0.6 is 7.14 Å². The van der Waals surface area contributed by atoms with Crippen molar-refractivity contribution >= 4 is 23.1 Å². The molecule has 0 saturated carbocycles. The highest BCUT2D eigenvalue weighted by atomic mass is 31.2. The third-order valence-corrected chi connectivity index (χ3v) is 7.49. The molecule has 0 unspecified atom stereocenters. The fourth-order valence-corrected chi connectivity index (χ4v) is 5.77. The first kappa shape index (κ1) is 17.2. The van der Waals surface area contributed by atoms with Crippen LogP contribution in [-0.4, -0.2) is 10.2 Å². The molecule has 3 aromatic carbocycles. The van der Waals surface area contributed by atoms with Crippen molar-refractivity contribution < 1.29 is 4.57 Å². The van der Waals surface area contributed by atoms with E-state index in [4.69, 9.17) is 0 Å². The average Bonchev–Trinajstić information content (AvgIpc) is 2.75. The van der Waals surface area contributed by atoms with Gasteiger partial charge in [0.25, 0.3) is 5.56 Å². The van der Waals surface area contributed by atoms with Gasteiger partial charge in [0.15, 0.2) is 7.14 Å². The molecule has 27 heavy (non-hydrogen) atoms. The number of aromatic nitrogens is 2. The molecule has 0 bridgehead atoms. The molecule has 4 nitrogen and oxygen atoms in total. The lowest BCUT2D eigenvalue weighted by Crippen LogP contribution is -2.36. The van der Waals surface area contributed by atoms with Crippen LogP contribution in [0.1, 0.15) is 0 Å². The average molecular weight is 372 g/mol. The Morgan fingerprint density at radius 1 is 0.704 bits per heavy atom. The van der Waals surface area contributed by atoms with Crippen LogP contribution in [0.2, 0.25) is 0 Å². The molecule has 0 atom stereocenters. The number of nitrogens with zero attached hydrogens (tertiary/aromatic N) is 1. The van der Waals surface area contributed by atoms with E-state index in [1.807, 2.05) is 66.7 Å². The Morgan fingerprint density at radius 3 is 1.70 bits per heavy atom. The van der Waals surface area contributed by atoms with Crippen molar-refractivity contribution in [2.75, 3.05) is 0 Å². The van der Waals surface area contributed by atoms with Gasteiger partial charge in [-0.15, -0.1) is 0 Å². The molecular formula is C22H17N2O2P. The number of nitrogens with one attached hydrogen (secondary N) is 1. The van der Waals surface area contributed by atoms with Crippen LogP contribution in [0.4, 0.5) is 0 Å². The third kappa shape index (κ3) is 3.16. The van der Waals surface area contributed by atoms with E-state index in [0.29, 0.717) is 16.3 Å². The van der Waals surface area contributed by atoms with Crippen molar-refractivity contribution in [3.05, 3.63) is 107 Å². The molecule has 0 radical (unpaired) electrons. The SMILES string of the molecule is O=c1[nH]nc(-c2ccccc2)cc1P(=O)(c1ccccc1)c1ccccc1. The van der Waals surface area contributed by atoms with Crippen molar-refractivity contribution in [2.24, 2.45) is 0 Å². The second-order valence-corrected chi connectivity index (χ2v) is 8.85. The Morgan fingerprint density at radius 2 is 1.19 bits per heavy atom. The summed E-state index contributed by atoms with van der Waals surface area (Å²) >= 11 is 0. The highest BCUT2D eigenvalue weighted by Gasteiger charge is 2.32. The van der Waals surface area contributed by atoms with E-state index in [1.165, 1.54) is 0 Å². The van der Waals surface area contributed by atoms with Crippen LogP contribution < -0.4 is 21.5 Å². The summed E-state index contributed by atoms with van der Waals surface area (Å²) in [5, 5.41) is 8.15. The molecule has 132 valence electrons. The molecule has 0 aliphatic rings. The molecule has 1 aromatic heterocycles. The van der Waals surface area contributed by atoms with Crippen molar-refractivity contribution in [3.8, 4) is 11.3 Å². The Bertz CT molecular complexity index is 1110. The lowest BCUT2D eigenvalue weighted by molar-refractivity contribution is 0.592. The van der Waals surface area contributed by atoms with Gasteiger partial charge in [-0.05, 0) is 6.07 Å². The van der Waals surface area contributed by atoms with Gasteiger partial charge < -0.3 is 4.57 Å². The predicted molar refractivity (Wildman–Crippen MR) is 110 cm³/mol. The van der Waals surface area contributed by atoms with E-state index in [9.17, 15) is 9.36 Å². The van der Waals surface area contributed by atoms with Crippen LogP contribution in [0, 0.1) is 0 Å². The van der Waals surface area contributed by atoms with E-state index in [1.54, 1.807) is 30.3 Å². The van der Waals surface area contributed by atoms with Crippen LogP contribution in [0.25, 0.3) is 11.3 Å². The van der Waals surface area contributed by atoms with E-state index in [0.717, 1.165) is 5.56 Å². The standard InChI is InChI=1S/C22H17N2O2P/c25-22-21(16-20(23-24-22)17-10-4-1-5-11-17)27(26,18-12-6-2-7-13-18)19-14-8-3-9-15-19/h1-16H,(H,24,25). The summed E-state index contributed by atoms with van der Waals surface area (Å²) in [6.07, 6.45) is 0. The number of hydrogen-bond donors (Lipinski definition) is 1. The van der Waals surface area contributed by atoms with Crippen LogP contribution in [-0.2, 0) is 4.57 Å². The van der Waals surface area contributed by atoms with Gasteiger partial charge >= 0.3 is 0 Å². The maximum atomic E-state index is 14.4. The highest BCUT2D eigenvalue weighted by molar-refractivity contribution is 7.85. The van der Waals surface area contributed by atoms with Crippen molar-refractivity contribution in [1.29, 1.82) is 0 Å². The number of benzene rings is 3. The summed E-state index contributed by atoms with van der Waals surface area (Å²) in [5.41, 5.74) is 0.991. The Kier molecular flexibility index (Phi) is 4.57. The first-order valence-corrected chi connectivity index (χ1v) is 10.3. The van der Waals surface area contributed by atoms with Crippen molar-refractivity contribution in [3.63, 3.8) is 0 Å². The largest absolute Gasteiger partial charge is 0.308 e. The second kappa shape index (κ2) is 7.18. The third-order valence-electron chi connectivity index (χ3n) is 4.43. The fourth-order valence-electron chi connectivity index (χ4n) is 3.09. The topological polar surface area (TPSA) is 62.8 Å². The molecule has 4 aromatic rings. The van der Waals surface area contributed by atoms with Crippen molar-refractivity contribution in [1.82, 2.24) is 10.2 Å². The Labute approximate surface area is 156 Å². The normalized spacial score (nSPS) is 11.3. The minimum absolute atomic E-state index is 0.230. The van der Waals surface area contributed by atoms with E-state index >= 15 is 0 Å². The molecule has 0 saturated heterocycles. The minimum Gasteiger partial charge on any atom is -0.308 e. The zero-order chi connectivity index (χ0) is 18.7. The molecule has 4 rings (SSSR count). The van der Waals surface area contributed by atoms with Gasteiger partial charge in [0, 0.05) is 16.2 Å². The number of hydrogen-bond acceptors (Lipinski definition) is 3. The molecule has 0 amide bonds. The monoisotopic (exact) mass is 372 g/mol. The molecule has 0 aliphatic heterocycles. The minimum atomic E-state index is -3.35. The summed E-state index contributed by atoms with van der Waals surface area (Å²) < 4.78 is 14.4. The summed E-state index contributed by atoms with van der Waals surface area (Å²) in [7, 11) is -3.35. The summed E-state index contributed by atoms with van der Waals surface area (Å²) in [4.78, 5) is 12.7. The van der Waals surface area contributed by atoms with Crippen LogP contribution in [0.5, 0.6) is 0 Å². The lowest BCUT2D eigenvalue weighted by Gasteiger charge is -2.19. The Balaban J connectivity index is 2.00. The number of rotatable bonds is 4. The van der Waals surface area contributed by atoms with E-state index < -0.39 is 12.7 Å². The predicted octanol–water partition coefficient (Wildman–Crippen LogP) is 3.08. The van der Waals surface area contributed by atoms with Gasteiger partial charge in [-0.1, -0.05) is 91.0 Å². The second-order valence-electron chi connectivity index (χ2n) is 6.11. The van der Waals surface area contributed by atoms with Gasteiger partial charge in [0.2, 0.25) is 0 Å². The smallest absolute Gasteiger partial charge is 0.275 e. The molecule has 5 heteroatoms. The van der Waals surface area contributed by atoms with Gasteiger partial charge in [0.05, 0.1) is 11.0 Å².